The van der Waals surface area contributed by atoms with E-state index < -0.39 is 18.3 Å². The van der Waals surface area contributed by atoms with Gasteiger partial charge in [0.1, 0.15) is 17.5 Å². The first-order valence-corrected chi connectivity index (χ1v) is 8.17. The monoisotopic (exact) mass is 362 g/mol. The number of aromatic nitrogens is 2. The number of aliphatic hydroxyl groups excluding tert-OH is 1. The van der Waals surface area contributed by atoms with E-state index in [2.05, 4.69) is 15.3 Å². The number of amides is 1. The fourth-order valence-corrected chi connectivity index (χ4v) is 2.66. The molecule has 2 aromatic rings. The highest BCUT2D eigenvalue weighted by molar-refractivity contribution is 5.91. The van der Waals surface area contributed by atoms with Gasteiger partial charge >= 0.3 is 0 Å². The largest absolute Gasteiger partial charge is 0.392 e. The third-order valence-corrected chi connectivity index (χ3v) is 3.94. The smallest absolute Gasteiger partial charge is 0.252 e. The molecular weight excluding hydrogens is 343 g/mol. The van der Waals surface area contributed by atoms with Crippen LogP contribution in [0.25, 0.3) is 0 Å². The van der Waals surface area contributed by atoms with Crippen molar-refractivity contribution in [2.45, 2.75) is 13.0 Å². The minimum Gasteiger partial charge on any atom is -0.392 e. The molecule has 138 valence electrons. The summed E-state index contributed by atoms with van der Waals surface area (Å²) < 4.78 is 18.7. The predicted octanol–water partition coefficient (Wildman–Crippen LogP) is 0.419. The van der Waals surface area contributed by atoms with Gasteiger partial charge in [-0.2, -0.15) is 0 Å². The van der Waals surface area contributed by atoms with Gasteiger partial charge in [0, 0.05) is 30.4 Å². The van der Waals surface area contributed by atoms with E-state index in [1.165, 1.54) is 24.3 Å². The molecule has 1 aromatic heterocycles. The number of aliphatic hydroxyl groups is 1. The number of anilines is 2. The molecule has 2 heterocycles. The van der Waals surface area contributed by atoms with Crippen molar-refractivity contribution in [2.75, 3.05) is 36.5 Å². The molecule has 26 heavy (non-hydrogen) atoms. The van der Waals surface area contributed by atoms with Crippen LogP contribution in [0, 0.1) is 5.82 Å². The van der Waals surface area contributed by atoms with Gasteiger partial charge in [0.2, 0.25) is 5.91 Å². The molecule has 1 aromatic carbocycles. The van der Waals surface area contributed by atoms with Crippen LogP contribution < -0.4 is 15.8 Å². The van der Waals surface area contributed by atoms with Crippen LogP contribution in [0.1, 0.15) is 11.4 Å². The van der Waals surface area contributed by atoms with Crippen LogP contribution in [0.15, 0.2) is 29.1 Å². The van der Waals surface area contributed by atoms with Crippen LogP contribution >= 0.6 is 0 Å². The van der Waals surface area contributed by atoms with Gasteiger partial charge in [-0.15, -0.1) is 0 Å². The summed E-state index contributed by atoms with van der Waals surface area (Å²) in [5.74, 6) is -0.220. The lowest BCUT2D eigenvalue weighted by Crippen LogP contribution is -2.37. The molecule has 9 heteroatoms. The van der Waals surface area contributed by atoms with Crippen LogP contribution in [0.3, 0.4) is 0 Å². The molecule has 8 nitrogen and oxygen atoms in total. The Morgan fingerprint density at radius 2 is 2.12 bits per heavy atom. The Balaban J connectivity index is 1.71. The molecule has 1 fully saturated rings. The van der Waals surface area contributed by atoms with Crippen molar-refractivity contribution in [3.63, 3.8) is 0 Å². The second-order valence-electron chi connectivity index (χ2n) is 5.84. The minimum atomic E-state index is -0.547. The van der Waals surface area contributed by atoms with Crippen molar-refractivity contribution >= 4 is 17.4 Å². The number of hydrogen-bond acceptors (Lipinski definition) is 6. The Morgan fingerprint density at radius 1 is 1.35 bits per heavy atom. The molecule has 0 bridgehead atoms. The molecule has 0 aliphatic carbocycles. The van der Waals surface area contributed by atoms with E-state index in [-0.39, 0.29) is 23.4 Å². The van der Waals surface area contributed by atoms with Gasteiger partial charge in [-0.05, 0) is 18.2 Å². The predicted molar refractivity (Wildman–Crippen MR) is 92.5 cm³/mol. The summed E-state index contributed by atoms with van der Waals surface area (Å²) in [6.45, 7) is 1.90. The molecule has 1 aliphatic rings. The summed E-state index contributed by atoms with van der Waals surface area (Å²) in [5.41, 5.74) is 0.101. The Hall–Kier alpha value is -2.78. The number of carbonyl (C=O) groups excluding carboxylic acids is 1. The highest BCUT2D eigenvalue weighted by Crippen LogP contribution is 2.15. The maximum absolute atomic E-state index is 13.4. The molecule has 1 amide bonds. The highest BCUT2D eigenvalue weighted by atomic mass is 19.1. The SMILES string of the molecule is O=C(Cc1nc(N2CCOCC2)cc(=O)[nH]1)Nc1ccc(F)c(CO)c1. The van der Waals surface area contributed by atoms with Gasteiger partial charge in [0.05, 0.1) is 26.2 Å². The Morgan fingerprint density at radius 3 is 2.85 bits per heavy atom. The van der Waals surface area contributed by atoms with Gasteiger partial charge in [0.25, 0.3) is 5.56 Å². The van der Waals surface area contributed by atoms with Crippen molar-refractivity contribution in [1.82, 2.24) is 9.97 Å². The van der Waals surface area contributed by atoms with Crippen LogP contribution in [0.2, 0.25) is 0 Å². The van der Waals surface area contributed by atoms with E-state index in [0.717, 1.165) is 0 Å². The molecule has 3 N–H and O–H groups in total. The summed E-state index contributed by atoms with van der Waals surface area (Å²) in [6.07, 6.45) is -0.140. The fourth-order valence-electron chi connectivity index (χ4n) is 2.66. The number of nitrogens with zero attached hydrogens (tertiary/aromatic N) is 2. The lowest BCUT2D eigenvalue weighted by atomic mass is 10.2. The summed E-state index contributed by atoms with van der Waals surface area (Å²) in [5, 5.41) is 11.7. The average molecular weight is 362 g/mol. The summed E-state index contributed by atoms with van der Waals surface area (Å²) >= 11 is 0. The van der Waals surface area contributed by atoms with E-state index in [1.54, 1.807) is 0 Å². The number of aromatic amines is 1. The molecular formula is C17H19FN4O4. The quantitative estimate of drug-likeness (QED) is 0.712. The van der Waals surface area contributed by atoms with E-state index >= 15 is 0 Å². The van der Waals surface area contributed by atoms with Crippen LogP contribution in [-0.2, 0) is 22.6 Å². The van der Waals surface area contributed by atoms with Crippen molar-refractivity contribution < 1.29 is 19.0 Å². The number of carbonyl (C=O) groups is 1. The Labute approximate surface area is 148 Å². The van der Waals surface area contributed by atoms with Crippen molar-refractivity contribution in [3.8, 4) is 0 Å². The summed E-state index contributed by atoms with van der Waals surface area (Å²) in [6, 6.07) is 5.31. The first kappa shape index (κ1) is 18.0. The first-order valence-electron chi connectivity index (χ1n) is 8.17. The third kappa shape index (κ3) is 4.44. The lowest BCUT2D eigenvalue weighted by Gasteiger charge is -2.27. The maximum atomic E-state index is 13.4. The Bertz CT molecular complexity index is 849. The summed E-state index contributed by atoms with van der Waals surface area (Å²) in [7, 11) is 0. The fraction of sp³-hybridized carbons (Fsp3) is 0.353. The first-order chi connectivity index (χ1) is 12.5. The average Bonchev–Trinajstić information content (AvgIpc) is 2.63. The molecule has 3 rings (SSSR count). The van der Waals surface area contributed by atoms with Crippen molar-refractivity contribution in [3.05, 3.63) is 51.8 Å². The number of morpholine rings is 1. The number of rotatable bonds is 5. The Kier molecular flexibility index (Phi) is 5.59. The topological polar surface area (TPSA) is 108 Å². The van der Waals surface area contributed by atoms with Gasteiger partial charge in [-0.3, -0.25) is 9.59 Å². The van der Waals surface area contributed by atoms with Crippen LogP contribution in [0.5, 0.6) is 0 Å². The number of H-pyrrole nitrogens is 1. The second-order valence-corrected chi connectivity index (χ2v) is 5.84. The molecule has 0 radical (unpaired) electrons. The molecule has 0 spiro atoms. The van der Waals surface area contributed by atoms with E-state index in [9.17, 15) is 14.0 Å². The van der Waals surface area contributed by atoms with Crippen LogP contribution in [0.4, 0.5) is 15.9 Å². The van der Waals surface area contributed by atoms with E-state index in [1.807, 2.05) is 4.90 Å². The number of halogens is 1. The van der Waals surface area contributed by atoms with E-state index in [0.29, 0.717) is 37.8 Å². The number of benzene rings is 1. The molecule has 0 unspecified atom stereocenters. The zero-order valence-electron chi connectivity index (χ0n) is 14.0. The van der Waals surface area contributed by atoms with Crippen molar-refractivity contribution in [2.24, 2.45) is 0 Å². The van der Waals surface area contributed by atoms with Crippen LogP contribution in [-0.4, -0.2) is 47.3 Å². The molecule has 1 saturated heterocycles. The normalized spacial score (nSPS) is 14.3. The zero-order valence-corrected chi connectivity index (χ0v) is 14.0. The lowest BCUT2D eigenvalue weighted by molar-refractivity contribution is -0.115. The zero-order chi connectivity index (χ0) is 18.5. The molecule has 0 atom stereocenters. The minimum absolute atomic E-state index is 0.0867. The highest BCUT2D eigenvalue weighted by Gasteiger charge is 2.15. The summed E-state index contributed by atoms with van der Waals surface area (Å²) in [4.78, 5) is 32.9. The van der Waals surface area contributed by atoms with Gasteiger partial charge in [0.15, 0.2) is 0 Å². The molecule has 1 aliphatic heterocycles. The molecule has 0 saturated carbocycles. The van der Waals surface area contributed by atoms with E-state index in [4.69, 9.17) is 9.84 Å². The number of hydrogen-bond donors (Lipinski definition) is 3. The number of nitrogens with one attached hydrogen (secondary N) is 2. The van der Waals surface area contributed by atoms with Crippen molar-refractivity contribution in [1.29, 1.82) is 0 Å². The van der Waals surface area contributed by atoms with Gasteiger partial charge in [-0.1, -0.05) is 0 Å². The standard InChI is InChI=1S/C17H19FN4O4/c18-13-2-1-12(7-11(13)10-23)19-16(24)8-14-20-15(9-17(25)21-14)22-3-5-26-6-4-22/h1-2,7,9,23H,3-6,8,10H2,(H,19,24)(H,20,21,25). The van der Waals surface area contributed by atoms with Gasteiger partial charge in [-0.25, -0.2) is 9.37 Å². The number of ether oxygens (including phenoxy) is 1. The second kappa shape index (κ2) is 8.07. The third-order valence-electron chi connectivity index (χ3n) is 3.94. The van der Waals surface area contributed by atoms with Gasteiger partial charge < -0.3 is 25.0 Å². The maximum Gasteiger partial charge on any atom is 0.252 e.